The molecule has 3 aliphatic carbocycles. The fraction of sp³-hybridized carbons (Fsp3) is 0.882. The molecule has 1 saturated heterocycles. The Balaban J connectivity index is 1.55. The fourth-order valence-electron chi connectivity index (χ4n) is 4.50. The van der Waals surface area contributed by atoms with Gasteiger partial charge in [0.05, 0.1) is 0 Å². The topological polar surface area (TPSA) is 49.4 Å². The summed E-state index contributed by atoms with van der Waals surface area (Å²) in [6, 6.07) is -0.288. The van der Waals surface area contributed by atoms with Gasteiger partial charge >= 0.3 is 0 Å². The number of amides is 2. The third-order valence-corrected chi connectivity index (χ3v) is 6.20. The largest absolute Gasteiger partial charge is 0.340 e. The van der Waals surface area contributed by atoms with Gasteiger partial charge < -0.3 is 10.2 Å². The monoisotopic (exact) mass is 290 g/mol. The lowest BCUT2D eigenvalue weighted by Crippen LogP contribution is -2.69. The Morgan fingerprint density at radius 1 is 1.14 bits per heavy atom. The molecule has 4 rings (SSSR count). The van der Waals surface area contributed by atoms with Crippen molar-refractivity contribution >= 4 is 11.8 Å². The van der Waals surface area contributed by atoms with Crippen LogP contribution in [0.15, 0.2) is 0 Å². The summed E-state index contributed by atoms with van der Waals surface area (Å²) in [7, 11) is 0. The zero-order chi connectivity index (χ0) is 14.6. The minimum absolute atomic E-state index is 0.0573. The van der Waals surface area contributed by atoms with Crippen molar-refractivity contribution in [3.8, 4) is 0 Å². The van der Waals surface area contributed by atoms with Gasteiger partial charge in [-0.1, -0.05) is 12.8 Å². The molecule has 1 atom stereocenters. The van der Waals surface area contributed by atoms with Gasteiger partial charge in [-0.25, -0.2) is 0 Å². The first kappa shape index (κ1) is 13.6. The first-order valence-electron chi connectivity index (χ1n) is 8.74. The third kappa shape index (κ3) is 2.27. The van der Waals surface area contributed by atoms with Crippen LogP contribution in [-0.2, 0) is 9.59 Å². The van der Waals surface area contributed by atoms with Crippen molar-refractivity contribution in [1.82, 2.24) is 10.2 Å². The predicted octanol–water partition coefficient (Wildman–Crippen LogP) is 2.08. The average Bonchev–Trinajstić information content (AvgIpc) is 3.38. The molecule has 1 N–H and O–H groups in total. The number of carbonyl (C=O) groups excluding carboxylic acids is 2. The highest BCUT2D eigenvalue weighted by Gasteiger charge is 2.52. The maximum atomic E-state index is 13.0. The summed E-state index contributed by atoms with van der Waals surface area (Å²) >= 11 is 0. The van der Waals surface area contributed by atoms with Gasteiger partial charge in [0, 0.05) is 6.54 Å². The highest BCUT2D eigenvalue weighted by atomic mass is 16.2. The Hall–Kier alpha value is -1.06. The number of hydrogen-bond acceptors (Lipinski definition) is 2. The highest BCUT2D eigenvalue weighted by molar-refractivity contribution is 5.99. The number of nitrogens with zero attached hydrogens (tertiary/aromatic N) is 1. The van der Waals surface area contributed by atoms with Crippen LogP contribution in [0.1, 0.15) is 58.3 Å². The fourth-order valence-corrected chi connectivity index (χ4v) is 4.50. The third-order valence-electron chi connectivity index (χ3n) is 6.20. The summed E-state index contributed by atoms with van der Waals surface area (Å²) in [5.41, 5.74) is -0.554. The van der Waals surface area contributed by atoms with Gasteiger partial charge in [-0.3, -0.25) is 9.59 Å². The molecule has 4 fully saturated rings. The molecule has 1 aliphatic heterocycles. The molecule has 4 aliphatic rings. The van der Waals surface area contributed by atoms with Crippen LogP contribution in [0.5, 0.6) is 0 Å². The summed E-state index contributed by atoms with van der Waals surface area (Å²) in [5.74, 6) is 2.56. The maximum absolute atomic E-state index is 13.0. The molecule has 2 amide bonds. The first-order chi connectivity index (χ1) is 10.1. The minimum Gasteiger partial charge on any atom is -0.340 e. The van der Waals surface area contributed by atoms with Crippen molar-refractivity contribution in [2.75, 3.05) is 6.54 Å². The molecule has 0 radical (unpaired) electrons. The lowest BCUT2D eigenvalue weighted by Gasteiger charge is -2.44. The van der Waals surface area contributed by atoms with Gasteiger partial charge in [-0.2, -0.15) is 0 Å². The van der Waals surface area contributed by atoms with Crippen molar-refractivity contribution in [1.29, 1.82) is 0 Å². The molecule has 4 heteroatoms. The number of nitrogens with one attached hydrogen (secondary N) is 1. The lowest BCUT2D eigenvalue weighted by molar-refractivity contribution is -0.155. The minimum atomic E-state index is -0.554. The standard InChI is InChI=1S/C17H26N2O2/c1-11-15(20)18-17(8-2-3-9-17)16(21)19(11)10-14(12-4-5-12)13-6-7-13/h11-14H,2-10H2,1H3,(H,18,20). The molecule has 0 aromatic rings. The highest BCUT2D eigenvalue weighted by Crippen LogP contribution is 2.50. The molecule has 3 saturated carbocycles. The summed E-state index contributed by atoms with van der Waals surface area (Å²) in [4.78, 5) is 27.3. The van der Waals surface area contributed by atoms with Crippen LogP contribution in [-0.4, -0.2) is 34.8 Å². The van der Waals surface area contributed by atoms with Crippen LogP contribution in [0, 0.1) is 17.8 Å². The second-order valence-corrected chi connectivity index (χ2v) is 7.75. The Labute approximate surface area is 126 Å². The van der Waals surface area contributed by atoms with Gasteiger partial charge in [-0.05, 0) is 63.2 Å². The molecular formula is C17H26N2O2. The van der Waals surface area contributed by atoms with Crippen LogP contribution in [0.4, 0.5) is 0 Å². The van der Waals surface area contributed by atoms with E-state index in [1.165, 1.54) is 25.7 Å². The molecular weight excluding hydrogens is 264 g/mol. The Morgan fingerprint density at radius 3 is 2.24 bits per heavy atom. The molecule has 116 valence electrons. The first-order valence-corrected chi connectivity index (χ1v) is 8.74. The van der Waals surface area contributed by atoms with E-state index in [0.29, 0.717) is 5.92 Å². The molecule has 1 spiro atoms. The number of carbonyl (C=O) groups is 2. The van der Waals surface area contributed by atoms with E-state index in [0.717, 1.165) is 44.1 Å². The lowest BCUT2D eigenvalue weighted by atomic mass is 9.88. The molecule has 4 nitrogen and oxygen atoms in total. The van der Waals surface area contributed by atoms with Crippen molar-refractivity contribution < 1.29 is 9.59 Å². The van der Waals surface area contributed by atoms with E-state index in [9.17, 15) is 9.59 Å². The van der Waals surface area contributed by atoms with Gasteiger partial charge in [0.1, 0.15) is 11.6 Å². The summed E-state index contributed by atoms with van der Waals surface area (Å²) in [6.07, 6.45) is 9.09. The normalized spacial score (nSPS) is 32.1. The summed E-state index contributed by atoms with van der Waals surface area (Å²) in [6.45, 7) is 2.72. The number of piperazine rings is 1. The van der Waals surface area contributed by atoms with E-state index >= 15 is 0 Å². The molecule has 0 bridgehead atoms. The average molecular weight is 290 g/mol. The Morgan fingerprint density at radius 2 is 1.71 bits per heavy atom. The van der Waals surface area contributed by atoms with Crippen LogP contribution in [0.25, 0.3) is 0 Å². The predicted molar refractivity (Wildman–Crippen MR) is 79.5 cm³/mol. The van der Waals surface area contributed by atoms with Crippen molar-refractivity contribution in [3.63, 3.8) is 0 Å². The zero-order valence-corrected chi connectivity index (χ0v) is 12.9. The maximum Gasteiger partial charge on any atom is 0.249 e. The van der Waals surface area contributed by atoms with E-state index in [-0.39, 0.29) is 17.9 Å². The molecule has 21 heavy (non-hydrogen) atoms. The molecule has 0 aromatic heterocycles. The number of hydrogen-bond donors (Lipinski definition) is 1. The van der Waals surface area contributed by atoms with E-state index in [2.05, 4.69) is 5.32 Å². The Kier molecular flexibility index (Phi) is 3.05. The molecule has 1 heterocycles. The summed E-state index contributed by atoms with van der Waals surface area (Å²) < 4.78 is 0. The molecule has 0 aromatic carbocycles. The van der Waals surface area contributed by atoms with Gasteiger partial charge in [-0.15, -0.1) is 0 Å². The van der Waals surface area contributed by atoms with Crippen molar-refractivity contribution in [2.45, 2.75) is 69.9 Å². The second kappa shape index (κ2) is 4.72. The van der Waals surface area contributed by atoms with E-state index < -0.39 is 5.54 Å². The number of rotatable bonds is 4. The smallest absolute Gasteiger partial charge is 0.249 e. The van der Waals surface area contributed by atoms with E-state index in [1.807, 2.05) is 11.8 Å². The summed E-state index contributed by atoms with van der Waals surface area (Å²) in [5, 5.41) is 3.05. The van der Waals surface area contributed by atoms with Gasteiger partial charge in [0.15, 0.2) is 0 Å². The molecule has 1 unspecified atom stereocenters. The van der Waals surface area contributed by atoms with Gasteiger partial charge in [0.2, 0.25) is 11.8 Å². The van der Waals surface area contributed by atoms with Crippen LogP contribution in [0.2, 0.25) is 0 Å². The van der Waals surface area contributed by atoms with Crippen LogP contribution >= 0.6 is 0 Å². The SMILES string of the molecule is CC1C(=O)NC2(CCCC2)C(=O)N1CC(C1CC1)C1CC1. The quantitative estimate of drug-likeness (QED) is 0.862. The van der Waals surface area contributed by atoms with Crippen LogP contribution in [0.3, 0.4) is 0 Å². The Bertz CT molecular complexity index is 449. The van der Waals surface area contributed by atoms with E-state index in [1.54, 1.807) is 0 Å². The van der Waals surface area contributed by atoms with Crippen molar-refractivity contribution in [2.24, 2.45) is 17.8 Å². The van der Waals surface area contributed by atoms with Gasteiger partial charge in [0.25, 0.3) is 0 Å². The van der Waals surface area contributed by atoms with Crippen molar-refractivity contribution in [3.05, 3.63) is 0 Å². The van der Waals surface area contributed by atoms with Crippen LogP contribution < -0.4 is 5.32 Å². The zero-order valence-electron chi connectivity index (χ0n) is 12.9. The van der Waals surface area contributed by atoms with E-state index in [4.69, 9.17) is 0 Å². The second-order valence-electron chi connectivity index (χ2n) is 7.75.